The quantitative estimate of drug-likeness (QED) is 0.647. The van der Waals surface area contributed by atoms with Crippen molar-refractivity contribution in [1.29, 1.82) is 0 Å². The molecule has 0 spiro atoms. The first kappa shape index (κ1) is 14.0. The van der Waals surface area contributed by atoms with Crippen LogP contribution in [0.15, 0.2) is 24.3 Å². The number of nitrogens with zero attached hydrogens (tertiary/aromatic N) is 1. The minimum atomic E-state index is -0.658. The fraction of sp³-hybridized carbons (Fsp3) is 0.385. The number of nitro benzene ring substituents is 1. The number of non-ortho nitro benzene ring substituents is 1. The number of carbonyl (C=O) groups excluding carboxylic acids is 2. The van der Waals surface area contributed by atoms with Crippen molar-refractivity contribution in [2.24, 2.45) is 5.92 Å². The SMILES string of the molecule is C[C@@H](NC(=O)NC(=O)c1cccc([N+](=O)[O-])c1)C1CC1. The van der Waals surface area contributed by atoms with Crippen molar-refractivity contribution in [3.63, 3.8) is 0 Å². The summed E-state index contributed by atoms with van der Waals surface area (Å²) in [7, 11) is 0. The lowest BCUT2D eigenvalue weighted by atomic mass is 10.2. The van der Waals surface area contributed by atoms with Gasteiger partial charge in [0.1, 0.15) is 0 Å². The molecule has 0 aliphatic heterocycles. The van der Waals surface area contributed by atoms with Crippen LogP contribution in [0.4, 0.5) is 10.5 Å². The molecule has 2 N–H and O–H groups in total. The number of hydrogen-bond donors (Lipinski definition) is 2. The molecule has 2 rings (SSSR count). The summed E-state index contributed by atoms with van der Waals surface area (Å²) in [5.41, 5.74) is -0.113. The van der Waals surface area contributed by atoms with E-state index in [0.717, 1.165) is 18.9 Å². The number of nitrogens with one attached hydrogen (secondary N) is 2. The third-order valence-corrected chi connectivity index (χ3v) is 3.23. The van der Waals surface area contributed by atoms with Gasteiger partial charge in [-0.1, -0.05) is 6.07 Å². The molecule has 1 aliphatic carbocycles. The standard InChI is InChI=1S/C13H15N3O4/c1-8(9-5-6-9)14-13(18)15-12(17)10-3-2-4-11(7-10)16(19)20/h2-4,7-9H,5-6H2,1H3,(H2,14,15,17,18)/t8-/m1/s1. The Hall–Kier alpha value is -2.44. The number of imide groups is 1. The average Bonchev–Trinajstić information content (AvgIpc) is 3.22. The summed E-state index contributed by atoms with van der Waals surface area (Å²) in [5.74, 6) is -0.178. The second kappa shape index (κ2) is 5.68. The first-order chi connectivity index (χ1) is 9.47. The Morgan fingerprint density at radius 2 is 2.10 bits per heavy atom. The first-order valence-corrected chi connectivity index (χ1v) is 6.33. The van der Waals surface area contributed by atoms with E-state index in [0.29, 0.717) is 5.92 Å². The van der Waals surface area contributed by atoms with Gasteiger partial charge in [-0.2, -0.15) is 0 Å². The van der Waals surface area contributed by atoms with Crippen LogP contribution in [0, 0.1) is 16.0 Å². The minimum absolute atomic E-state index is 0.0212. The van der Waals surface area contributed by atoms with E-state index in [-0.39, 0.29) is 17.3 Å². The maximum atomic E-state index is 11.8. The largest absolute Gasteiger partial charge is 0.335 e. The van der Waals surface area contributed by atoms with Gasteiger partial charge in [0.25, 0.3) is 11.6 Å². The fourth-order valence-corrected chi connectivity index (χ4v) is 1.89. The molecule has 0 saturated heterocycles. The van der Waals surface area contributed by atoms with Gasteiger partial charge in [0.05, 0.1) is 4.92 Å². The molecule has 7 nitrogen and oxygen atoms in total. The van der Waals surface area contributed by atoms with Crippen molar-refractivity contribution >= 4 is 17.6 Å². The number of amides is 3. The average molecular weight is 277 g/mol. The number of urea groups is 1. The van der Waals surface area contributed by atoms with E-state index in [1.165, 1.54) is 18.2 Å². The fourth-order valence-electron chi connectivity index (χ4n) is 1.89. The maximum absolute atomic E-state index is 11.8. The van der Waals surface area contributed by atoms with Crippen LogP contribution >= 0.6 is 0 Å². The normalized spacial score (nSPS) is 15.2. The third-order valence-electron chi connectivity index (χ3n) is 3.23. The highest BCUT2D eigenvalue weighted by Crippen LogP contribution is 2.32. The van der Waals surface area contributed by atoms with Crippen molar-refractivity contribution in [2.75, 3.05) is 0 Å². The smallest absolute Gasteiger partial charge is 0.321 e. The number of benzene rings is 1. The Bertz CT molecular complexity index is 554. The topological polar surface area (TPSA) is 101 Å². The zero-order chi connectivity index (χ0) is 14.7. The molecule has 3 amide bonds. The van der Waals surface area contributed by atoms with Gasteiger partial charge in [0.15, 0.2) is 0 Å². The van der Waals surface area contributed by atoms with E-state index in [2.05, 4.69) is 10.6 Å². The van der Waals surface area contributed by atoms with Gasteiger partial charge in [0.2, 0.25) is 0 Å². The van der Waals surface area contributed by atoms with E-state index >= 15 is 0 Å². The molecule has 1 aromatic rings. The Morgan fingerprint density at radius 3 is 2.70 bits per heavy atom. The maximum Gasteiger partial charge on any atom is 0.321 e. The molecule has 1 fully saturated rings. The molecule has 0 bridgehead atoms. The van der Waals surface area contributed by atoms with E-state index in [1.54, 1.807) is 0 Å². The second-order valence-electron chi connectivity index (χ2n) is 4.86. The molecule has 1 aromatic carbocycles. The predicted molar refractivity (Wildman–Crippen MR) is 71.3 cm³/mol. The number of carbonyl (C=O) groups is 2. The van der Waals surface area contributed by atoms with E-state index < -0.39 is 16.9 Å². The summed E-state index contributed by atoms with van der Waals surface area (Å²) in [6.45, 7) is 1.88. The lowest BCUT2D eigenvalue weighted by molar-refractivity contribution is -0.384. The summed E-state index contributed by atoms with van der Waals surface area (Å²) >= 11 is 0. The van der Waals surface area contributed by atoms with Gasteiger partial charge in [-0.25, -0.2) is 4.79 Å². The van der Waals surface area contributed by atoms with Crippen molar-refractivity contribution in [3.8, 4) is 0 Å². The summed E-state index contributed by atoms with van der Waals surface area (Å²) in [4.78, 5) is 33.4. The lowest BCUT2D eigenvalue weighted by Gasteiger charge is -2.12. The monoisotopic (exact) mass is 277 g/mol. The molecular formula is C13H15N3O4. The molecule has 0 unspecified atom stereocenters. The van der Waals surface area contributed by atoms with E-state index in [9.17, 15) is 19.7 Å². The van der Waals surface area contributed by atoms with Gasteiger partial charge in [0, 0.05) is 23.7 Å². The molecule has 106 valence electrons. The van der Waals surface area contributed by atoms with Crippen LogP contribution in [-0.2, 0) is 0 Å². The van der Waals surface area contributed by atoms with Gasteiger partial charge in [-0.3, -0.25) is 20.2 Å². The summed E-state index contributed by atoms with van der Waals surface area (Å²) in [5, 5.41) is 15.5. The molecular weight excluding hydrogens is 262 g/mol. The highest BCUT2D eigenvalue weighted by molar-refractivity contribution is 6.04. The summed E-state index contributed by atoms with van der Waals surface area (Å²) < 4.78 is 0. The van der Waals surface area contributed by atoms with Crippen LogP contribution in [0.1, 0.15) is 30.1 Å². The molecule has 1 aliphatic rings. The van der Waals surface area contributed by atoms with Crippen LogP contribution in [0.5, 0.6) is 0 Å². The highest BCUT2D eigenvalue weighted by Gasteiger charge is 2.29. The Labute approximate surface area is 115 Å². The highest BCUT2D eigenvalue weighted by atomic mass is 16.6. The molecule has 0 radical (unpaired) electrons. The summed E-state index contributed by atoms with van der Waals surface area (Å²) in [6, 6.07) is 4.67. The number of rotatable bonds is 4. The molecule has 7 heteroatoms. The van der Waals surface area contributed by atoms with Crippen molar-refractivity contribution < 1.29 is 14.5 Å². The second-order valence-corrected chi connectivity index (χ2v) is 4.86. The molecule has 20 heavy (non-hydrogen) atoms. The van der Waals surface area contributed by atoms with Crippen molar-refractivity contribution in [3.05, 3.63) is 39.9 Å². The van der Waals surface area contributed by atoms with Crippen LogP contribution in [0.2, 0.25) is 0 Å². The summed E-state index contributed by atoms with van der Waals surface area (Å²) in [6.07, 6.45) is 2.17. The van der Waals surface area contributed by atoms with E-state index in [1.807, 2.05) is 6.92 Å². The number of nitro groups is 1. The third kappa shape index (κ3) is 3.53. The van der Waals surface area contributed by atoms with Crippen molar-refractivity contribution in [1.82, 2.24) is 10.6 Å². The molecule has 1 atom stereocenters. The Morgan fingerprint density at radius 1 is 1.40 bits per heavy atom. The molecule has 1 saturated carbocycles. The Kier molecular flexibility index (Phi) is 3.97. The van der Waals surface area contributed by atoms with Gasteiger partial charge < -0.3 is 5.32 Å². The van der Waals surface area contributed by atoms with Gasteiger partial charge in [-0.05, 0) is 31.7 Å². The van der Waals surface area contributed by atoms with Gasteiger partial charge in [-0.15, -0.1) is 0 Å². The molecule has 0 aromatic heterocycles. The van der Waals surface area contributed by atoms with Crippen LogP contribution in [0.25, 0.3) is 0 Å². The zero-order valence-corrected chi connectivity index (χ0v) is 11.0. The molecule has 0 heterocycles. The van der Waals surface area contributed by atoms with Crippen LogP contribution in [-0.4, -0.2) is 22.9 Å². The van der Waals surface area contributed by atoms with E-state index in [4.69, 9.17) is 0 Å². The van der Waals surface area contributed by atoms with Crippen molar-refractivity contribution in [2.45, 2.75) is 25.8 Å². The minimum Gasteiger partial charge on any atom is -0.335 e. The lowest BCUT2D eigenvalue weighted by Crippen LogP contribution is -2.44. The first-order valence-electron chi connectivity index (χ1n) is 6.33. The Balaban J connectivity index is 1.95. The van der Waals surface area contributed by atoms with Crippen LogP contribution < -0.4 is 10.6 Å². The van der Waals surface area contributed by atoms with Crippen LogP contribution in [0.3, 0.4) is 0 Å². The van der Waals surface area contributed by atoms with Gasteiger partial charge >= 0.3 is 6.03 Å². The number of hydrogen-bond acceptors (Lipinski definition) is 4. The predicted octanol–water partition coefficient (Wildman–Crippen LogP) is 1.83. The zero-order valence-electron chi connectivity index (χ0n) is 11.0.